The van der Waals surface area contributed by atoms with Crippen LogP contribution in [0, 0.1) is 0 Å². The molecule has 0 heterocycles. The highest BCUT2D eigenvalue weighted by atomic mass is 16.5. The van der Waals surface area contributed by atoms with Crippen molar-refractivity contribution >= 4 is 11.9 Å². The van der Waals surface area contributed by atoms with Gasteiger partial charge in [0.15, 0.2) is 0 Å². The third-order valence-electron chi connectivity index (χ3n) is 14.3. The van der Waals surface area contributed by atoms with E-state index in [1.807, 2.05) is 6.08 Å². The fourth-order valence-corrected chi connectivity index (χ4v) is 9.57. The van der Waals surface area contributed by atoms with E-state index in [2.05, 4.69) is 37.4 Å². The van der Waals surface area contributed by atoms with E-state index in [9.17, 15) is 19.8 Å². The number of amides is 1. The van der Waals surface area contributed by atoms with Crippen LogP contribution in [0.4, 0.5) is 0 Å². The van der Waals surface area contributed by atoms with Crippen molar-refractivity contribution in [1.29, 1.82) is 0 Å². The van der Waals surface area contributed by atoms with Gasteiger partial charge in [0.1, 0.15) is 0 Å². The van der Waals surface area contributed by atoms with Gasteiger partial charge < -0.3 is 20.3 Å². The zero-order valence-electron chi connectivity index (χ0n) is 45.9. The highest BCUT2D eigenvalue weighted by molar-refractivity contribution is 5.76. The molecule has 1 amide bonds. The van der Waals surface area contributed by atoms with Crippen molar-refractivity contribution in [2.24, 2.45) is 0 Å². The fraction of sp³-hybridized carbons (Fsp3) is 0.903. The summed E-state index contributed by atoms with van der Waals surface area (Å²) in [5, 5.41) is 23.3. The smallest absolute Gasteiger partial charge is 0.305 e. The molecule has 2 atom stereocenters. The molecule has 0 aliphatic heterocycles. The van der Waals surface area contributed by atoms with E-state index in [1.54, 1.807) is 0 Å². The third-order valence-corrected chi connectivity index (χ3v) is 14.3. The lowest BCUT2D eigenvalue weighted by Crippen LogP contribution is -2.45. The topological polar surface area (TPSA) is 95.9 Å². The Hall–Kier alpha value is -1.66. The number of allylic oxidation sites excluding steroid dienone is 4. The van der Waals surface area contributed by atoms with Crippen LogP contribution in [0.1, 0.15) is 335 Å². The molecule has 0 fully saturated rings. The monoisotopic (exact) mass is 958 g/mol. The number of hydrogen-bond acceptors (Lipinski definition) is 5. The molecule has 0 aromatic carbocycles. The van der Waals surface area contributed by atoms with Crippen molar-refractivity contribution in [3.63, 3.8) is 0 Å². The van der Waals surface area contributed by atoms with Gasteiger partial charge in [0.25, 0.3) is 0 Å². The highest BCUT2D eigenvalue weighted by Crippen LogP contribution is 2.18. The second kappa shape index (κ2) is 57.9. The molecule has 0 saturated heterocycles. The maximum atomic E-state index is 12.5. The van der Waals surface area contributed by atoms with Crippen LogP contribution in [0.2, 0.25) is 0 Å². The molecular weight excluding hydrogens is 839 g/mol. The quantitative estimate of drug-likeness (QED) is 0.0321. The van der Waals surface area contributed by atoms with E-state index in [0.29, 0.717) is 32.3 Å². The molecule has 0 aliphatic carbocycles. The highest BCUT2D eigenvalue weighted by Gasteiger charge is 2.20. The van der Waals surface area contributed by atoms with Gasteiger partial charge >= 0.3 is 5.97 Å². The average Bonchev–Trinajstić information content (AvgIpc) is 3.34. The van der Waals surface area contributed by atoms with Crippen LogP contribution in [0.5, 0.6) is 0 Å². The van der Waals surface area contributed by atoms with Gasteiger partial charge in [-0.05, 0) is 44.9 Å². The number of aliphatic hydroxyl groups is 2. The molecule has 6 heteroatoms. The second-order valence-electron chi connectivity index (χ2n) is 21.0. The van der Waals surface area contributed by atoms with Gasteiger partial charge in [0.05, 0.1) is 25.4 Å². The summed E-state index contributed by atoms with van der Waals surface area (Å²) in [5.74, 6) is -0.125. The molecular formula is C62H119NO5. The summed E-state index contributed by atoms with van der Waals surface area (Å²) in [5.41, 5.74) is 0. The first-order valence-electron chi connectivity index (χ1n) is 30.6. The van der Waals surface area contributed by atoms with Crippen molar-refractivity contribution in [3.8, 4) is 0 Å². The molecule has 68 heavy (non-hydrogen) atoms. The summed E-state index contributed by atoms with van der Waals surface area (Å²) in [4.78, 5) is 24.5. The first-order chi connectivity index (χ1) is 33.5. The van der Waals surface area contributed by atoms with Crippen LogP contribution in [0.3, 0.4) is 0 Å². The average molecular weight is 959 g/mol. The molecule has 0 bridgehead atoms. The van der Waals surface area contributed by atoms with Crippen LogP contribution in [0.15, 0.2) is 24.3 Å². The number of esters is 1. The first kappa shape index (κ1) is 66.3. The van der Waals surface area contributed by atoms with Gasteiger partial charge in [-0.3, -0.25) is 9.59 Å². The Balaban J connectivity index is 3.51. The number of rotatable bonds is 57. The Morgan fingerprint density at radius 3 is 1.15 bits per heavy atom. The van der Waals surface area contributed by atoms with Crippen LogP contribution in [-0.2, 0) is 14.3 Å². The predicted octanol–water partition coefficient (Wildman–Crippen LogP) is 19.0. The molecule has 0 aliphatic rings. The number of carbonyl (C=O) groups is 2. The zero-order chi connectivity index (χ0) is 49.3. The standard InChI is InChI=1S/C62H119NO5/c1-3-5-7-9-11-13-15-17-19-20-21-22-23-24-25-26-28-30-34-38-42-46-50-54-60(65)59(58-64)63-61(66)55-51-47-43-39-35-31-29-33-37-41-45-49-53-57-68-62(67)56-52-48-44-40-36-32-27-18-16-14-12-10-8-6-4-2/h31,35,43,47,59-60,64-65H,3-30,32-34,36-42,44-46,48-58H2,1-2H3,(H,63,66)/b35-31-,47-43-. The summed E-state index contributed by atoms with van der Waals surface area (Å²) in [6.45, 7) is 4.92. The summed E-state index contributed by atoms with van der Waals surface area (Å²) in [7, 11) is 0. The summed E-state index contributed by atoms with van der Waals surface area (Å²) >= 11 is 0. The van der Waals surface area contributed by atoms with E-state index < -0.39 is 12.1 Å². The van der Waals surface area contributed by atoms with Crippen LogP contribution >= 0.6 is 0 Å². The Bertz CT molecular complexity index is 1060. The minimum atomic E-state index is -0.700. The number of unbranched alkanes of at least 4 members (excludes halogenated alkanes) is 42. The zero-order valence-corrected chi connectivity index (χ0v) is 45.9. The maximum Gasteiger partial charge on any atom is 0.305 e. The summed E-state index contributed by atoms with van der Waals surface area (Å²) in [6.07, 6.45) is 70.5. The Kier molecular flexibility index (Phi) is 56.5. The molecule has 2 unspecified atom stereocenters. The van der Waals surface area contributed by atoms with Crippen molar-refractivity contribution in [3.05, 3.63) is 24.3 Å². The minimum Gasteiger partial charge on any atom is -0.466 e. The number of carbonyl (C=O) groups excluding carboxylic acids is 2. The van der Waals surface area contributed by atoms with Crippen molar-refractivity contribution in [2.45, 2.75) is 347 Å². The molecule has 0 spiro atoms. The van der Waals surface area contributed by atoms with Crippen molar-refractivity contribution in [2.75, 3.05) is 13.2 Å². The summed E-state index contributed by atoms with van der Waals surface area (Å²) in [6, 6.07) is -0.586. The van der Waals surface area contributed by atoms with Crippen molar-refractivity contribution in [1.82, 2.24) is 5.32 Å². The lowest BCUT2D eigenvalue weighted by molar-refractivity contribution is -0.143. The fourth-order valence-electron chi connectivity index (χ4n) is 9.57. The number of hydrogen-bond donors (Lipinski definition) is 3. The Labute approximate surface area is 424 Å². The van der Waals surface area contributed by atoms with Crippen LogP contribution in [-0.4, -0.2) is 47.4 Å². The van der Waals surface area contributed by atoms with Gasteiger partial charge in [-0.25, -0.2) is 0 Å². The van der Waals surface area contributed by atoms with Gasteiger partial charge in [-0.2, -0.15) is 0 Å². The van der Waals surface area contributed by atoms with E-state index in [0.717, 1.165) is 51.4 Å². The SMILES string of the molecule is CCCCCCCCCCCCCCCCCCCCCCCCCC(O)C(CO)NC(=O)CC/C=C\C/C=C\CCCCCCCCOC(=O)CCCCCCCCCCCCCCCCC. The van der Waals surface area contributed by atoms with E-state index in [1.165, 1.54) is 244 Å². The normalized spacial score (nSPS) is 12.7. The number of aliphatic hydroxyl groups excluding tert-OH is 2. The van der Waals surface area contributed by atoms with Gasteiger partial charge in [-0.1, -0.05) is 301 Å². The van der Waals surface area contributed by atoms with Crippen LogP contribution < -0.4 is 5.32 Å². The molecule has 0 aromatic rings. The van der Waals surface area contributed by atoms with Crippen LogP contribution in [0.25, 0.3) is 0 Å². The molecule has 0 radical (unpaired) electrons. The number of ether oxygens (including phenoxy) is 1. The van der Waals surface area contributed by atoms with Gasteiger partial charge in [-0.15, -0.1) is 0 Å². The molecule has 3 N–H and O–H groups in total. The molecule has 0 aromatic heterocycles. The van der Waals surface area contributed by atoms with Crippen molar-refractivity contribution < 1.29 is 24.5 Å². The molecule has 402 valence electrons. The molecule has 0 rings (SSSR count). The predicted molar refractivity (Wildman–Crippen MR) is 296 cm³/mol. The minimum absolute atomic E-state index is 0.0132. The van der Waals surface area contributed by atoms with E-state index >= 15 is 0 Å². The molecule has 0 saturated carbocycles. The Morgan fingerprint density at radius 2 is 0.750 bits per heavy atom. The first-order valence-corrected chi connectivity index (χ1v) is 30.6. The maximum absolute atomic E-state index is 12.5. The number of nitrogens with one attached hydrogen (secondary N) is 1. The van der Waals surface area contributed by atoms with Gasteiger partial charge in [0, 0.05) is 12.8 Å². The van der Waals surface area contributed by atoms with E-state index in [4.69, 9.17) is 4.74 Å². The lowest BCUT2D eigenvalue weighted by atomic mass is 10.0. The third kappa shape index (κ3) is 53.7. The largest absolute Gasteiger partial charge is 0.466 e. The summed E-state index contributed by atoms with van der Waals surface area (Å²) < 4.78 is 5.47. The van der Waals surface area contributed by atoms with Gasteiger partial charge in [0.2, 0.25) is 5.91 Å². The Morgan fingerprint density at radius 1 is 0.412 bits per heavy atom. The van der Waals surface area contributed by atoms with E-state index in [-0.39, 0.29) is 18.5 Å². The molecule has 6 nitrogen and oxygen atoms in total. The lowest BCUT2D eigenvalue weighted by Gasteiger charge is -2.22. The second-order valence-corrected chi connectivity index (χ2v) is 21.0.